The van der Waals surface area contributed by atoms with Crippen LogP contribution in [0.15, 0.2) is 0 Å². The third kappa shape index (κ3) is 5.19. The van der Waals surface area contributed by atoms with E-state index in [9.17, 15) is 14.7 Å². The topological polar surface area (TPSA) is 81.7 Å². The van der Waals surface area contributed by atoms with Crippen molar-refractivity contribution in [3.63, 3.8) is 0 Å². The van der Waals surface area contributed by atoms with E-state index in [1.807, 2.05) is 0 Å². The van der Waals surface area contributed by atoms with Crippen LogP contribution in [0.2, 0.25) is 0 Å². The third-order valence-electron chi connectivity index (χ3n) is 4.54. The Hall–Kier alpha value is -1.30. The van der Waals surface area contributed by atoms with Crippen molar-refractivity contribution in [1.82, 2.24) is 15.5 Å². The van der Waals surface area contributed by atoms with Crippen LogP contribution >= 0.6 is 0 Å². The number of urea groups is 1. The molecule has 1 aliphatic heterocycles. The van der Waals surface area contributed by atoms with Crippen molar-refractivity contribution in [2.24, 2.45) is 5.92 Å². The van der Waals surface area contributed by atoms with E-state index in [2.05, 4.69) is 15.5 Å². The van der Waals surface area contributed by atoms with Gasteiger partial charge in [0.05, 0.1) is 5.92 Å². The highest BCUT2D eigenvalue weighted by Gasteiger charge is 2.31. The Morgan fingerprint density at radius 2 is 1.81 bits per heavy atom. The molecule has 2 fully saturated rings. The van der Waals surface area contributed by atoms with E-state index in [1.165, 1.54) is 25.9 Å². The van der Waals surface area contributed by atoms with Crippen LogP contribution in [0.1, 0.15) is 44.9 Å². The van der Waals surface area contributed by atoms with Crippen LogP contribution in [0.25, 0.3) is 0 Å². The molecule has 2 rings (SSSR count). The molecule has 1 saturated carbocycles. The smallest absolute Gasteiger partial charge is 0.315 e. The zero-order valence-electron chi connectivity index (χ0n) is 12.6. The highest BCUT2D eigenvalue weighted by Crippen LogP contribution is 2.24. The van der Waals surface area contributed by atoms with E-state index in [-0.39, 0.29) is 12.1 Å². The zero-order chi connectivity index (χ0) is 15.1. The summed E-state index contributed by atoms with van der Waals surface area (Å²) >= 11 is 0. The zero-order valence-corrected chi connectivity index (χ0v) is 12.6. The van der Waals surface area contributed by atoms with Gasteiger partial charge in [0.2, 0.25) is 0 Å². The number of aliphatic carboxylic acids is 1. The number of carbonyl (C=O) groups excluding carboxylic acids is 1. The minimum absolute atomic E-state index is 0.227. The van der Waals surface area contributed by atoms with Gasteiger partial charge in [-0.1, -0.05) is 12.8 Å². The molecule has 6 heteroatoms. The summed E-state index contributed by atoms with van der Waals surface area (Å²) < 4.78 is 0. The molecule has 0 aromatic carbocycles. The number of amides is 2. The predicted molar refractivity (Wildman–Crippen MR) is 80.2 cm³/mol. The molecule has 21 heavy (non-hydrogen) atoms. The summed E-state index contributed by atoms with van der Waals surface area (Å²) in [5.74, 6) is -1.23. The lowest BCUT2D eigenvalue weighted by Crippen LogP contribution is -2.49. The number of carboxylic acids is 1. The maximum absolute atomic E-state index is 11.8. The maximum Gasteiger partial charge on any atom is 0.315 e. The van der Waals surface area contributed by atoms with Crippen LogP contribution in [-0.2, 0) is 4.79 Å². The molecular formula is C15H27N3O3. The first-order valence-electron chi connectivity index (χ1n) is 8.16. The first-order valence-corrected chi connectivity index (χ1v) is 8.16. The highest BCUT2D eigenvalue weighted by molar-refractivity contribution is 5.76. The van der Waals surface area contributed by atoms with E-state index in [1.54, 1.807) is 0 Å². The van der Waals surface area contributed by atoms with E-state index in [4.69, 9.17) is 0 Å². The summed E-state index contributed by atoms with van der Waals surface area (Å²) in [5, 5.41) is 14.9. The van der Waals surface area contributed by atoms with Gasteiger partial charge in [-0.3, -0.25) is 4.79 Å². The Bertz CT molecular complexity index is 356. The number of hydrogen-bond donors (Lipinski definition) is 3. The van der Waals surface area contributed by atoms with Gasteiger partial charge >= 0.3 is 12.0 Å². The van der Waals surface area contributed by atoms with Gasteiger partial charge in [0.15, 0.2) is 0 Å². The van der Waals surface area contributed by atoms with Crippen molar-refractivity contribution in [3.05, 3.63) is 0 Å². The lowest BCUT2D eigenvalue weighted by molar-refractivity contribution is -0.143. The van der Waals surface area contributed by atoms with Crippen molar-refractivity contribution >= 4 is 12.0 Å². The van der Waals surface area contributed by atoms with E-state index in [0.717, 1.165) is 32.2 Å². The Kier molecular flexibility index (Phi) is 6.29. The first kappa shape index (κ1) is 16.1. The normalized spacial score (nSPS) is 26.5. The largest absolute Gasteiger partial charge is 0.481 e. The molecule has 1 saturated heterocycles. The van der Waals surface area contributed by atoms with Gasteiger partial charge in [-0.15, -0.1) is 0 Å². The molecule has 6 nitrogen and oxygen atoms in total. The van der Waals surface area contributed by atoms with Crippen LogP contribution in [0, 0.1) is 5.92 Å². The molecule has 1 aliphatic carbocycles. The minimum atomic E-state index is -0.797. The molecule has 120 valence electrons. The van der Waals surface area contributed by atoms with Gasteiger partial charge in [0.1, 0.15) is 0 Å². The molecule has 2 unspecified atom stereocenters. The Balaban J connectivity index is 1.62. The summed E-state index contributed by atoms with van der Waals surface area (Å²) in [6.07, 6.45) is 6.86. The molecule has 2 aliphatic rings. The fourth-order valence-electron chi connectivity index (χ4n) is 3.33. The van der Waals surface area contributed by atoms with E-state index in [0.29, 0.717) is 13.0 Å². The number of nitrogens with zero attached hydrogens (tertiary/aromatic N) is 1. The second-order valence-corrected chi connectivity index (χ2v) is 6.14. The van der Waals surface area contributed by atoms with Crippen LogP contribution in [0.3, 0.4) is 0 Å². The summed E-state index contributed by atoms with van der Waals surface area (Å²) in [6, 6.07) is -0.454. The van der Waals surface area contributed by atoms with Gasteiger partial charge in [-0.25, -0.2) is 4.79 Å². The predicted octanol–water partition coefficient (Wildman–Crippen LogP) is 1.41. The van der Waals surface area contributed by atoms with Crippen molar-refractivity contribution in [3.8, 4) is 0 Å². The molecule has 2 amide bonds. The first-order chi connectivity index (χ1) is 10.2. The Labute approximate surface area is 126 Å². The number of likely N-dealkylation sites (tertiary alicyclic amines) is 1. The summed E-state index contributed by atoms with van der Waals surface area (Å²) in [6.45, 7) is 4.03. The van der Waals surface area contributed by atoms with Crippen LogP contribution in [-0.4, -0.2) is 54.2 Å². The molecule has 0 bridgehead atoms. The number of nitrogens with one attached hydrogen (secondary N) is 2. The number of carboxylic acid groups (broad SMARTS) is 1. The van der Waals surface area contributed by atoms with Gasteiger partial charge in [0.25, 0.3) is 0 Å². The Morgan fingerprint density at radius 1 is 1.10 bits per heavy atom. The Morgan fingerprint density at radius 3 is 2.52 bits per heavy atom. The van der Waals surface area contributed by atoms with Crippen molar-refractivity contribution < 1.29 is 14.7 Å². The molecule has 2 atom stereocenters. The third-order valence-corrected chi connectivity index (χ3v) is 4.54. The monoisotopic (exact) mass is 297 g/mol. The molecule has 0 aromatic rings. The van der Waals surface area contributed by atoms with Gasteiger partial charge < -0.3 is 20.6 Å². The van der Waals surface area contributed by atoms with Gasteiger partial charge in [-0.05, 0) is 51.7 Å². The lowest BCUT2D eigenvalue weighted by atomic mass is 9.84. The second kappa shape index (κ2) is 8.22. The average molecular weight is 297 g/mol. The fraction of sp³-hybridized carbons (Fsp3) is 0.867. The molecule has 1 heterocycles. The van der Waals surface area contributed by atoms with Gasteiger partial charge in [0, 0.05) is 12.6 Å². The minimum Gasteiger partial charge on any atom is -0.481 e. The summed E-state index contributed by atoms with van der Waals surface area (Å²) in [4.78, 5) is 25.4. The van der Waals surface area contributed by atoms with Gasteiger partial charge in [-0.2, -0.15) is 0 Å². The van der Waals surface area contributed by atoms with E-state index >= 15 is 0 Å². The van der Waals surface area contributed by atoms with Crippen LogP contribution < -0.4 is 10.6 Å². The van der Waals surface area contributed by atoms with Crippen LogP contribution in [0.5, 0.6) is 0 Å². The van der Waals surface area contributed by atoms with Crippen LogP contribution in [0.4, 0.5) is 4.79 Å². The van der Waals surface area contributed by atoms with Crippen molar-refractivity contribution in [2.45, 2.75) is 51.0 Å². The molecule has 0 radical (unpaired) electrons. The molecule has 0 spiro atoms. The molecule has 3 N–H and O–H groups in total. The SMILES string of the molecule is O=C(NCCCN1CCCC1)NC1CCCCC1C(=O)O. The quantitative estimate of drug-likeness (QED) is 0.648. The summed E-state index contributed by atoms with van der Waals surface area (Å²) in [5.41, 5.74) is 0. The number of hydrogen-bond acceptors (Lipinski definition) is 3. The fourth-order valence-corrected chi connectivity index (χ4v) is 3.33. The molecule has 0 aromatic heterocycles. The number of carbonyl (C=O) groups is 2. The number of rotatable bonds is 6. The second-order valence-electron chi connectivity index (χ2n) is 6.14. The standard InChI is InChI=1S/C15H27N3O3/c19-14(20)12-6-1-2-7-13(12)17-15(21)16-8-5-11-18-9-3-4-10-18/h12-13H,1-11H2,(H,19,20)(H2,16,17,21). The summed E-state index contributed by atoms with van der Waals surface area (Å²) in [7, 11) is 0. The average Bonchev–Trinajstić information content (AvgIpc) is 2.97. The van der Waals surface area contributed by atoms with Crippen molar-refractivity contribution in [2.75, 3.05) is 26.2 Å². The molecular weight excluding hydrogens is 270 g/mol. The highest BCUT2D eigenvalue weighted by atomic mass is 16.4. The lowest BCUT2D eigenvalue weighted by Gasteiger charge is -2.29. The van der Waals surface area contributed by atoms with E-state index < -0.39 is 11.9 Å². The van der Waals surface area contributed by atoms with Crippen molar-refractivity contribution in [1.29, 1.82) is 0 Å². The maximum atomic E-state index is 11.8.